The first-order chi connectivity index (χ1) is 9.98. The minimum absolute atomic E-state index is 0.299. The summed E-state index contributed by atoms with van der Waals surface area (Å²) in [5, 5.41) is 4.68. The maximum Gasteiger partial charge on any atom is 0.170 e. The molecule has 3 rings (SSSR count). The van der Waals surface area contributed by atoms with Crippen molar-refractivity contribution in [3.05, 3.63) is 27.4 Å². The van der Waals surface area contributed by atoms with Crippen molar-refractivity contribution in [1.29, 1.82) is 0 Å². The van der Waals surface area contributed by atoms with E-state index in [2.05, 4.69) is 42.0 Å². The zero-order valence-corrected chi connectivity index (χ0v) is 15.1. The highest BCUT2D eigenvalue weighted by atomic mass is 79.9. The number of nitrogens with zero attached hydrogens (tertiary/aromatic N) is 1. The molecule has 1 atom stereocenters. The quantitative estimate of drug-likeness (QED) is 0.807. The van der Waals surface area contributed by atoms with Crippen LogP contribution in [0, 0.1) is 5.41 Å². The fraction of sp³-hybridized carbons (Fsp3) is 0.562. The minimum Gasteiger partial charge on any atom is -0.447 e. The Bertz CT molecular complexity index is 632. The van der Waals surface area contributed by atoms with E-state index >= 15 is 0 Å². The summed E-state index contributed by atoms with van der Waals surface area (Å²) >= 11 is 5.14. The second-order valence-corrected chi connectivity index (χ2v) is 8.30. The van der Waals surface area contributed by atoms with Gasteiger partial charge in [-0.15, -0.1) is 11.3 Å². The number of thiazole rings is 1. The van der Waals surface area contributed by atoms with E-state index in [0.717, 1.165) is 34.8 Å². The van der Waals surface area contributed by atoms with Gasteiger partial charge in [0.2, 0.25) is 0 Å². The summed E-state index contributed by atoms with van der Waals surface area (Å²) in [5.41, 5.74) is 1.54. The van der Waals surface area contributed by atoms with Crippen LogP contribution in [-0.4, -0.2) is 11.5 Å². The molecule has 0 saturated heterocycles. The van der Waals surface area contributed by atoms with Crippen LogP contribution in [0.1, 0.15) is 50.2 Å². The third kappa shape index (κ3) is 3.25. The molecule has 0 aromatic carbocycles. The molecule has 0 saturated carbocycles. The molecule has 1 N–H and O–H groups in total. The number of rotatable bonds is 4. The Morgan fingerprint density at radius 2 is 2.29 bits per heavy atom. The van der Waals surface area contributed by atoms with Gasteiger partial charge in [-0.3, -0.25) is 0 Å². The van der Waals surface area contributed by atoms with Gasteiger partial charge in [-0.1, -0.05) is 20.8 Å². The average molecular weight is 369 g/mol. The summed E-state index contributed by atoms with van der Waals surface area (Å²) < 4.78 is 6.42. The first-order valence-electron chi connectivity index (χ1n) is 7.47. The number of aromatic nitrogens is 1. The largest absolute Gasteiger partial charge is 0.447 e. The highest BCUT2D eigenvalue weighted by molar-refractivity contribution is 9.10. The van der Waals surface area contributed by atoms with Crippen LogP contribution in [0.4, 0.5) is 0 Å². The van der Waals surface area contributed by atoms with Crippen molar-refractivity contribution >= 4 is 27.3 Å². The summed E-state index contributed by atoms with van der Waals surface area (Å²) in [7, 11) is 0. The Morgan fingerprint density at radius 3 is 2.95 bits per heavy atom. The van der Waals surface area contributed by atoms with Crippen molar-refractivity contribution in [2.45, 2.75) is 46.1 Å². The average Bonchev–Trinajstić information content (AvgIpc) is 3.00. The smallest absolute Gasteiger partial charge is 0.170 e. The van der Waals surface area contributed by atoms with Gasteiger partial charge in [0.05, 0.1) is 5.69 Å². The van der Waals surface area contributed by atoms with Crippen LogP contribution in [0.2, 0.25) is 0 Å². The molecule has 0 spiro atoms. The molecular formula is C16H21BrN2OS. The monoisotopic (exact) mass is 368 g/mol. The molecule has 1 aliphatic carbocycles. The molecule has 2 heterocycles. The fourth-order valence-electron chi connectivity index (χ4n) is 2.95. The summed E-state index contributed by atoms with van der Waals surface area (Å²) in [5.74, 6) is 0.855. The van der Waals surface area contributed by atoms with Gasteiger partial charge in [-0.25, -0.2) is 4.98 Å². The van der Waals surface area contributed by atoms with E-state index in [1.54, 1.807) is 11.3 Å². The molecule has 2 aromatic heterocycles. The summed E-state index contributed by atoms with van der Waals surface area (Å²) in [4.78, 5) is 6.25. The number of fused-ring (bicyclic) bond motifs is 1. The number of halogens is 1. The molecule has 0 aliphatic heterocycles. The van der Waals surface area contributed by atoms with Crippen LogP contribution in [0.15, 0.2) is 21.2 Å². The number of furan rings is 1. The van der Waals surface area contributed by atoms with E-state index < -0.39 is 0 Å². The van der Waals surface area contributed by atoms with Crippen molar-refractivity contribution in [2.75, 3.05) is 6.54 Å². The Balaban J connectivity index is 1.94. The van der Waals surface area contributed by atoms with Crippen molar-refractivity contribution in [2.24, 2.45) is 5.41 Å². The van der Waals surface area contributed by atoms with Gasteiger partial charge in [0.15, 0.2) is 15.4 Å². The lowest BCUT2D eigenvalue weighted by Gasteiger charge is -2.34. The van der Waals surface area contributed by atoms with Gasteiger partial charge >= 0.3 is 0 Å². The molecule has 21 heavy (non-hydrogen) atoms. The van der Waals surface area contributed by atoms with Gasteiger partial charge in [0.1, 0.15) is 0 Å². The van der Waals surface area contributed by atoms with Crippen LogP contribution in [0.25, 0.3) is 10.8 Å². The Morgan fingerprint density at radius 1 is 1.48 bits per heavy atom. The standard InChI is InChI=1S/C16H21BrN2OS/c1-4-7-18-10-8-16(2,3)9-11-14(10)21-15(19-11)12-5-6-13(17)20-12/h5-6,10,18H,4,7-9H2,1-3H3. The van der Waals surface area contributed by atoms with E-state index in [4.69, 9.17) is 9.40 Å². The zero-order chi connectivity index (χ0) is 15.0. The minimum atomic E-state index is 0.299. The summed E-state index contributed by atoms with van der Waals surface area (Å²) in [6, 6.07) is 4.33. The second kappa shape index (κ2) is 5.86. The van der Waals surface area contributed by atoms with Crippen molar-refractivity contribution in [3.8, 4) is 10.8 Å². The van der Waals surface area contributed by atoms with Crippen LogP contribution < -0.4 is 5.32 Å². The normalized spacial score (nSPS) is 20.5. The zero-order valence-electron chi connectivity index (χ0n) is 12.7. The third-order valence-corrected chi connectivity index (χ3v) is 5.52. The Kier molecular flexibility index (Phi) is 4.26. The lowest BCUT2D eigenvalue weighted by atomic mass is 9.76. The van der Waals surface area contributed by atoms with Gasteiger partial charge in [0.25, 0.3) is 0 Å². The number of hydrogen-bond acceptors (Lipinski definition) is 4. The summed E-state index contributed by atoms with van der Waals surface area (Å²) in [6.45, 7) is 7.93. The molecule has 1 unspecified atom stereocenters. The predicted octanol–water partition coefficient (Wildman–Crippen LogP) is 5.18. The molecular weight excluding hydrogens is 348 g/mol. The van der Waals surface area contributed by atoms with Gasteiger partial charge < -0.3 is 9.73 Å². The fourth-order valence-corrected chi connectivity index (χ4v) is 4.38. The van der Waals surface area contributed by atoms with E-state index in [0.29, 0.717) is 11.5 Å². The molecule has 114 valence electrons. The van der Waals surface area contributed by atoms with Gasteiger partial charge in [-0.2, -0.15) is 0 Å². The maximum absolute atomic E-state index is 5.66. The Hall–Kier alpha value is -0.650. The van der Waals surface area contributed by atoms with Crippen LogP contribution in [-0.2, 0) is 6.42 Å². The highest BCUT2D eigenvalue weighted by Gasteiger charge is 2.35. The van der Waals surface area contributed by atoms with Crippen LogP contribution >= 0.6 is 27.3 Å². The molecule has 2 aromatic rings. The van der Waals surface area contributed by atoms with Crippen LogP contribution in [0.3, 0.4) is 0 Å². The lowest BCUT2D eigenvalue weighted by Crippen LogP contribution is -2.33. The second-order valence-electron chi connectivity index (χ2n) is 6.49. The van der Waals surface area contributed by atoms with Gasteiger partial charge in [-0.05, 0) is 59.3 Å². The van der Waals surface area contributed by atoms with E-state index in [-0.39, 0.29) is 0 Å². The van der Waals surface area contributed by atoms with E-state index in [1.807, 2.05) is 12.1 Å². The molecule has 0 bridgehead atoms. The maximum atomic E-state index is 5.66. The molecule has 0 fully saturated rings. The van der Waals surface area contributed by atoms with Crippen LogP contribution in [0.5, 0.6) is 0 Å². The third-order valence-electron chi connectivity index (χ3n) is 3.87. The SMILES string of the molecule is CCCNC1CC(C)(C)Cc2nc(-c3ccc(Br)o3)sc21. The molecule has 5 heteroatoms. The van der Waals surface area contributed by atoms with Crippen molar-refractivity contribution in [3.63, 3.8) is 0 Å². The summed E-state index contributed by atoms with van der Waals surface area (Å²) in [6.07, 6.45) is 3.37. The predicted molar refractivity (Wildman–Crippen MR) is 90.7 cm³/mol. The molecule has 3 nitrogen and oxygen atoms in total. The topological polar surface area (TPSA) is 38.1 Å². The number of nitrogens with one attached hydrogen (secondary N) is 1. The first kappa shape index (κ1) is 15.3. The van der Waals surface area contributed by atoms with Gasteiger partial charge in [0, 0.05) is 10.9 Å². The highest BCUT2D eigenvalue weighted by Crippen LogP contribution is 2.45. The van der Waals surface area contributed by atoms with Crippen molar-refractivity contribution < 1.29 is 4.42 Å². The van der Waals surface area contributed by atoms with Crippen molar-refractivity contribution in [1.82, 2.24) is 10.3 Å². The number of hydrogen-bond donors (Lipinski definition) is 1. The molecule has 1 aliphatic rings. The van der Waals surface area contributed by atoms with E-state index in [1.165, 1.54) is 17.0 Å². The first-order valence-corrected chi connectivity index (χ1v) is 9.08. The Labute approximate surface area is 138 Å². The lowest BCUT2D eigenvalue weighted by molar-refractivity contribution is 0.258. The molecule has 0 amide bonds. The van der Waals surface area contributed by atoms with E-state index in [9.17, 15) is 0 Å². The molecule has 0 radical (unpaired) electrons.